The molecule has 8 heteroatoms. The SMILES string of the molecule is Cc1nc(N2CCN(C(=O)CC(C)C3CCCNC3)CC2)c2cnn(C)c2n1. The first-order valence-corrected chi connectivity index (χ1v) is 10.4. The Hall–Kier alpha value is -2.22. The second kappa shape index (κ2) is 8.03. The standard InChI is InChI=1S/C20H31N7O/c1-14(16-5-4-6-21-12-16)11-18(28)26-7-9-27(10-8-26)20-17-13-22-25(3)19(17)23-15(2)24-20/h13-14,16,21H,4-12H2,1-3H3. The van der Waals surface area contributed by atoms with E-state index in [1.165, 1.54) is 12.8 Å². The maximum absolute atomic E-state index is 12.8. The minimum atomic E-state index is 0.295. The third-order valence-electron chi connectivity index (χ3n) is 6.25. The van der Waals surface area contributed by atoms with Gasteiger partial charge in [0.05, 0.1) is 11.6 Å². The molecule has 4 heterocycles. The number of hydrogen-bond donors (Lipinski definition) is 1. The molecule has 8 nitrogen and oxygen atoms in total. The Morgan fingerprint density at radius 2 is 2.07 bits per heavy atom. The number of aryl methyl sites for hydroxylation is 2. The molecule has 0 aromatic carbocycles. The number of rotatable bonds is 4. The van der Waals surface area contributed by atoms with E-state index in [-0.39, 0.29) is 0 Å². The lowest BCUT2D eigenvalue weighted by molar-refractivity contribution is -0.132. The fraction of sp³-hybridized carbons (Fsp3) is 0.700. The zero-order valence-electron chi connectivity index (χ0n) is 17.2. The van der Waals surface area contributed by atoms with Crippen LogP contribution >= 0.6 is 0 Å². The molecule has 0 aliphatic carbocycles. The number of amides is 1. The van der Waals surface area contributed by atoms with Gasteiger partial charge in [-0.25, -0.2) is 9.97 Å². The van der Waals surface area contributed by atoms with Crippen molar-refractivity contribution in [1.29, 1.82) is 0 Å². The fourth-order valence-corrected chi connectivity index (χ4v) is 4.46. The van der Waals surface area contributed by atoms with E-state index in [1.54, 1.807) is 4.68 Å². The Labute approximate surface area is 166 Å². The van der Waals surface area contributed by atoms with Crippen LogP contribution in [0.5, 0.6) is 0 Å². The minimum absolute atomic E-state index is 0.295. The van der Waals surface area contributed by atoms with Gasteiger partial charge in [0.1, 0.15) is 11.6 Å². The van der Waals surface area contributed by atoms with Crippen molar-refractivity contribution >= 4 is 22.8 Å². The highest BCUT2D eigenvalue weighted by Gasteiger charge is 2.27. The second-order valence-electron chi connectivity index (χ2n) is 8.26. The van der Waals surface area contributed by atoms with Crippen molar-refractivity contribution in [3.05, 3.63) is 12.0 Å². The van der Waals surface area contributed by atoms with E-state index < -0.39 is 0 Å². The van der Waals surface area contributed by atoms with Crippen LogP contribution in [0.2, 0.25) is 0 Å². The van der Waals surface area contributed by atoms with Crippen molar-refractivity contribution in [3.8, 4) is 0 Å². The summed E-state index contributed by atoms with van der Waals surface area (Å²) in [4.78, 5) is 26.3. The summed E-state index contributed by atoms with van der Waals surface area (Å²) in [6.07, 6.45) is 4.96. The van der Waals surface area contributed by atoms with E-state index in [9.17, 15) is 4.79 Å². The van der Waals surface area contributed by atoms with E-state index in [0.29, 0.717) is 24.2 Å². The van der Waals surface area contributed by atoms with Gasteiger partial charge in [0.25, 0.3) is 0 Å². The van der Waals surface area contributed by atoms with Gasteiger partial charge in [-0.1, -0.05) is 6.92 Å². The highest BCUT2D eigenvalue weighted by Crippen LogP contribution is 2.26. The molecular formula is C20H31N7O. The van der Waals surface area contributed by atoms with Crippen molar-refractivity contribution < 1.29 is 4.79 Å². The number of carbonyl (C=O) groups excluding carboxylic acids is 1. The highest BCUT2D eigenvalue weighted by atomic mass is 16.2. The third-order valence-corrected chi connectivity index (χ3v) is 6.25. The third kappa shape index (κ3) is 3.83. The van der Waals surface area contributed by atoms with Gasteiger partial charge in [-0.15, -0.1) is 0 Å². The van der Waals surface area contributed by atoms with Gasteiger partial charge in [-0.05, 0) is 44.7 Å². The Balaban J connectivity index is 1.37. The summed E-state index contributed by atoms with van der Waals surface area (Å²) < 4.78 is 1.79. The van der Waals surface area contributed by atoms with Crippen LogP contribution in [-0.4, -0.2) is 69.8 Å². The summed E-state index contributed by atoms with van der Waals surface area (Å²) in [5.74, 6) is 3.05. The summed E-state index contributed by atoms with van der Waals surface area (Å²) in [5.41, 5.74) is 0.857. The van der Waals surface area contributed by atoms with Crippen LogP contribution in [-0.2, 0) is 11.8 Å². The van der Waals surface area contributed by atoms with E-state index in [1.807, 2.05) is 25.1 Å². The Bertz CT molecular complexity index is 834. The van der Waals surface area contributed by atoms with Crippen molar-refractivity contribution in [3.63, 3.8) is 0 Å². The Morgan fingerprint density at radius 3 is 2.79 bits per heavy atom. The molecule has 0 bridgehead atoms. The van der Waals surface area contributed by atoms with Crippen LogP contribution in [0.4, 0.5) is 5.82 Å². The number of hydrogen-bond acceptors (Lipinski definition) is 6. The van der Waals surface area contributed by atoms with E-state index in [2.05, 4.69) is 32.2 Å². The highest BCUT2D eigenvalue weighted by molar-refractivity contribution is 5.87. The lowest BCUT2D eigenvalue weighted by atomic mass is 9.85. The zero-order valence-corrected chi connectivity index (χ0v) is 17.2. The molecule has 0 spiro atoms. The Morgan fingerprint density at radius 1 is 1.29 bits per heavy atom. The molecule has 2 aliphatic heterocycles. The molecule has 2 saturated heterocycles. The van der Waals surface area contributed by atoms with Crippen molar-refractivity contribution in [1.82, 2.24) is 30.0 Å². The topological polar surface area (TPSA) is 79.2 Å². The maximum atomic E-state index is 12.8. The summed E-state index contributed by atoms with van der Waals surface area (Å²) in [6.45, 7) is 9.41. The van der Waals surface area contributed by atoms with E-state index in [4.69, 9.17) is 0 Å². The Kier molecular flexibility index (Phi) is 5.48. The summed E-state index contributed by atoms with van der Waals surface area (Å²) >= 11 is 0. The smallest absolute Gasteiger partial charge is 0.222 e. The molecule has 2 aliphatic rings. The maximum Gasteiger partial charge on any atom is 0.222 e. The normalized spacial score (nSPS) is 21.9. The number of fused-ring (bicyclic) bond motifs is 1. The van der Waals surface area contributed by atoms with Gasteiger partial charge in [0.15, 0.2) is 5.65 Å². The van der Waals surface area contributed by atoms with Crippen LogP contribution in [0, 0.1) is 18.8 Å². The monoisotopic (exact) mass is 385 g/mol. The largest absolute Gasteiger partial charge is 0.352 e. The van der Waals surface area contributed by atoms with Crippen LogP contribution in [0.25, 0.3) is 11.0 Å². The molecule has 28 heavy (non-hydrogen) atoms. The number of aromatic nitrogens is 4. The second-order valence-corrected chi connectivity index (χ2v) is 8.26. The summed E-state index contributed by atoms with van der Waals surface area (Å²) in [6, 6.07) is 0. The lowest BCUT2D eigenvalue weighted by Crippen LogP contribution is -2.49. The minimum Gasteiger partial charge on any atom is -0.352 e. The quantitative estimate of drug-likeness (QED) is 0.856. The average molecular weight is 386 g/mol. The molecule has 2 fully saturated rings. The fourth-order valence-electron chi connectivity index (χ4n) is 4.46. The van der Waals surface area contributed by atoms with Gasteiger partial charge in [0.2, 0.25) is 5.91 Å². The number of nitrogens with zero attached hydrogens (tertiary/aromatic N) is 6. The zero-order chi connectivity index (χ0) is 19.7. The van der Waals surface area contributed by atoms with Crippen molar-refractivity contribution in [2.75, 3.05) is 44.2 Å². The number of nitrogens with one attached hydrogen (secondary N) is 1. The number of piperidine rings is 1. The van der Waals surface area contributed by atoms with E-state index in [0.717, 1.165) is 61.9 Å². The van der Waals surface area contributed by atoms with Crippen molar-refractivity contribution in [2.24, 2.45) is 18.9 Å². The van der Waals surface area contributed by atoms with Gasteiger partial charge < -0.3 is 15.1 Å². The first-order chi connectivity index (χ1) is 13.5. The molecular weight excluding hydrogens is 354 g/mol. The summed E-state index contributed by atoms with van der Waals surface area (Å²) in [7, 11) is 1.90. The molecule has 1 N–H and O–H groups in total. The molecule has 1 amide bonds. The predicted octanol–water partition coefficient (Wildman–Crippen LogP) is 1.35. The van der Waals surface area contributed by atoms with Gasteiger partial charge >= 0.3 is 0 Å². The first kappa shape index (κ1) is 19.1. The van der Waals surface area contributed by atoms with Crippen LogP contribution < -0.4 is 10.2 Å². The van der Waals surface area contributed by atoms with Gasteiger partial charge in [0, 0.05) is 39.6 Å². The molecule has 2 aromatic rings. The number of carbonyl (C=O) groups is 1. The average Bonchev–Trinajstić information content (AvgIpc) is 3.09. The lowest BCUT2D eigenvalue weighted by Gasteiger charge is -2.37. The summed E-state index contributed by atoms with van der Waals surface area (Å²) in [5, 5.41) is 8.77. The molecule has 2 aromatic heterocycles. The van der Waals surface area contributed by atoms with Crippen LogP contribution in [0.15, 0.2) is 6.20 Å². The molecule has 0 radical (unpaired) electrons. The van der Waals surface area contributed by atoms with Gasteiger partial charge in [-0.3, -0.25) is 9.48 Å². The number of piperazine rings is 1. The van der Waals surface area contributed by atoms with E-state index >= 15 is 0 Å². The van der Waals surface area contributed by atoms with Crippen LogP contribution in [0.3, 0.4) is 0 Å². The van der Waals surface area contributed by atoms with Crippen LogP contribution in [0.1, 0.15) is 32.0 Å². The molecule has 2 unspecified atom stereocenters. The van der Waals surface area contributed by atoms with Gasteiger partial charge in [-0.2, -0.15) is 5.10 Å². The molecule has 152 valence electrons. The number of anilines is 1. The first-order valence-electron chi connectivity index (χ1n) is 10.4. The molecule has 2 atom stereocenters. The predicted molar refractivity (Wildman–Crippen MR) is 109 cm³/mol. The molecule has 0 saturated carbocycles. The molecule has 4 rings (SSSR count). The van der Waals surface area contributed by atoms with Crippen molar-refractivity contribution in [2.45, 2.75) is 33.1 Å².